The van der Waals surface area contributed by atoms with Crippen molar-refractivity contribution in [1.29, 1.82) is 0 Å². The third-order valence-corrected chi connectivity index (χ3v) is 1.78. The second kappa shape index (κ2) is 7.71. The van der Waals surface area contributed by atoms with Crippen LogP contribution < -0.4 is 16.4 Å². The number of hydrogen-bond acceptors (Lipinski definition) is 3. The van der Waals surface area contributed by atoms with E-state index in [0.29, 0.717) is 0 Å². The van der Waals surface area contributed by atoms with E-state index in [4.69, 9.17) is 12.2 Å². The summed E-state index contributed by atoms with van der Waals surface area (Å²) >= 11 is 0. The van der Waals surface area contributed by atoms with E-state index in [-0.39, 0.29) is 37.2 Å². The number of nitrogens with two attached hydrogens (primary N) is 1. The highest BCUT2D eigenvalue weighted by atomic mass is 16.2. The molecule has 0 saturated heterocycles. The van der Waals surface area contributed by atoms with Crippen LogP contribution >= 0.6 is 0 Å². The molecule has 1 unspecified atom stereocenters. The first-order chi connectivity index (χ1) is 7.47. The lowest BCUT2D eigenvalue weighted by atomic mass is 10.2. The zero-order valence-electron chi connectivity index (χ0n) is 9.75. The van der Waals surface area contributed by atoms with Gasteiger partial charge in [-0.15, -0.1) is 12.3 Å². The molecule has 16 heavy (non-hydrogen) atoms. The van der Waals surface area contributed by atoms with Crippen molar-refractivity contribution in [3.8, 4) is 12.3 Å². The molecule has 0 aliphatic carbocycles. The van der Waals surface area contributed by atoms with Gasteiger partial charge in [0.1, 0.15) is 0 Å². The number of carbonyl (C=O) groups excluding carboxylic acids is 2. The van der Waals surface area contributed by atoms with E-state index in [1.807, 2.05) is 13.8 Å². The molecule has 1 atom stereocenters. The van der Waals surface area contributed by atoms with Gasteiger partial charge in [-0.1, -0.05) is 0 Å². The Bertz CT molecular complexity index is 281. The van der Waals surface area contributed by atoms with Crippen LogP contribution in [0, 0.1) is 12.3 Å². The molecule has 0 rings (SSSR count). The van der Waals surface area contributed by atoms with Crippen LogP contribution in [0.4, 0.5) is 0 Å². The Balaban J connectivity index is 3.70. The van der Waals surface area contributed by atoms with Gasteiger partial charge in [0.05, 0.1) is 6.04 Å². The Labute approximate surface area is 96.2 Å². The third kappa shape index (κ3) is 6.85. The smallest absolute Gasteiger partial charge is 0.237 e. The summed E-state index contributed by atoms with van der Waals surface area (Å²) in [6.07, 6.45) is 5.47. The molecule has 0 bridgehead atoms. The first kappa shape index (κ1) is 14.5. The van der Waals surface area contributed by atoms with Crippen molar-refractivity contribution < 1.29 is 9.59 Å². The number of terminal acetylenes is 1. The van der Waals surface area contributed by atoms with Gasteiger partial charge in [-0.3, -0.25) is 9.59 Å². The molecule has 0 aromatic heterocycles. The molecule has 5 nitrogen and oxygen atoms in total. The van der Waals surface area contributed by atoms with E-state index in [2.05, 4.69) is 16.6 Å². The molecular weight excluding hydrogens is 206 g/mol. The van der Waals surface area contributed by atoms with E-state index in [1.165, 1.54) is 0 Å². The Hall–Kier alpha value is -1.54. The van der Waals surface area contributed by atoms with Gasteiger partial charge in [-0.2, -0.15) is 0 Å². The molecule has 0 radical (unpaired) electrons. The predicted octanol–water partition coefficient (Wildman–Crippen LogP) is -0.632. The first-order valence-corrected chi connectivity index (χ1v) is 5.23. The summed E-state index contributed by atoms with van der Waals surface area (Å²) in [6.45, 7) is 4.02. The highest BCUT2D eigenvalue weighted by molar-refractivity contribution is 5.82. The normalized spacial score (nSPS) is 11.7. The summed E-state index contributed by atoms with van der Waals surface area (Å²) in [5.74, 6) is 1.89. The molecule has 0 saturated carbocycles. The topological polar surface area (TPSA) is 84.2 Å². The zero-order valence-corrected chi connectivity index (χ0v) is 9.75. The standard InChI is InChI=1S/C11H19N3O2/c1-4-5-9(12)11(16)13-7-6-10(15)14-8(2)3/h1,8-9H,5-7,12H2,2-3H3,(H,13,16)(H,14,15). The fourth-order valence-corrected chi connectivity index (χ4v) is 1.04. The molecule has 0 aliphatic rings. The lowest BCUT2D eigenvalue weighted by molar-refractivity contribution is -0.123. The van der Waals surface area contributed by atoms with Gasteiger partial charge < -0.3 is 16.4 Å². The summed E-state index contributed by atoms with van der Waals surface area (Å²) in [5, 5.41) is 5.27. The number of carbonyl (C=O) groups is 2. The van der Waals surface area contributed by atoms with Crippen LogP contribution in [-0.4, -0.2) is 30.4 Å². The minimum Gasteiger partial charge on any atom is -0.354 e. The summed E-state index contributed by atoms with van der Waals surface area (Å²) in [6, 6.07) is -0.593. The van der Waals surface area contributed by atoms with E-state index < -0.39 is 6.04 Å². The second-order valence-electron chi connectivity index (χ2n) is 3.78. The first-order valence-electron chi connectivity index (χ1n) is 5.23. The highest BCUT2D eigenvalue weighted by Gasteiger charge is 2.11. The molecule has 0 fully saturated rings. The molecule has 0 spiro atoms. The number of amides is 2. The molecule has 0 aliphatic heterocycles. The van der Waals surface area contributed by atoms with Gasteiger partial charge in [0.2, 0.25) is 11.8 Å². The van der Waals surface area contributed by atoms with Gasteiger partial charge in [-0.05, 0) is 13.8 Å². The van der Waals surface area contributed by atoms with Gasteiger partial charge >= 0.3 is 0 Å². The molecule has 90 valence electrons. The minimum atomic E-state index is -0.696. The quantitative estimate of drug-likeness (QED) is 0.526. The second-order valence-corrected chi connectivity index (χ2v) is 3.78. The average molecular weight is 225 g/mol. The Morgan fingerprint density at radius 1 is 1.44 bits per heavy atom. The van der Waals surface area contributed by atoms with Crippen LogP contribution in [0.2, 0.25) is 0 Å². The van der Waals surface area contributed by atoms with Crippen molar-refractivity contribution in [2.75, 3.05) is 6.54 Å². The minimum absolute atomic E-state index is 0.0965. The lowest BCUT2D eigenvalue weighted by Gasteiger charge is -2.11. The fourth-order valence-electron chi connectivity index (χ4n) is 1.04. The predicted molar refractivity (Wildman–Crippen MR) is 62.3 cm³/mol. The maximum absolute atomic E-state index is 11.3. The van der Waals surface area contributed by atoms with Crippen LogP contribution in [0.15, 0.2) is 0 Å². The van der Waals surface area contributed by atoms with E-state index >= 15 is 0 Å². The fraction of sp³-hybridized carbons (Fsp3) is 0.636. The van der Waals surface area contributed by atoms with Crippen molar-refractivity contribution in [1.82, 2.24) is 10.6 Å². The van der Waals surface area contributed by atoms with E-state index in [1.54, 1.807) is 0 Å². The SMILES string of the molecule is C#CCC(N)C(=O)NCCC(=O)NC(C)C. The number of nitrogens with one attached hydrogen (secondary N) is 2. The van der Waals surface area contributed by atoms with Crippen molar-refractivity contribution in [2.45, 2.75) is 38.8 Å². The molecule has 0 heterocycles. The summed E-state index contributed by atoms with van der Waals surface area (Å²) < 4.78 is 0. The largest absolute Gasteiger partial charge is 0.354 e. The molecule has 0 aromatic carbocycles. The van der Waals surface area contributed by atoms with Crippen molar-refractivity contribution in [3.05, 3.63) is 0 Å². The van der Waals surface area contributed by atoms with Gasteiger partial charge in [0, 0.05) is 25.4 Å². The van der Waals surface area contributed by atoms with Crippen LogP contribution in [-0.2, 0) is 9.59 Å². The average Bonchev–Trinajstić information content (AvgIpc) is 2.16. The van der Waals surface area contributed by atoms with Gasteiger partial charge in [0.15, 0.2) is 0 Å². The van der Waals surface area contributed by atoms with Crippen molar-refractivity contribution in [2.24, 2.45) is 5.73 Å². The van der Waals surface area contributed by atoms with Crippen LogP contribution in [0.5, 0.6) is 0 Å². The van der Waals surface area contributed by atoms with Crippen molar-refractivity contribution in [3.63, 3.8) is 0 Å². The zero-order chi connectivity index (χ0) is 12.6. The van der Waals surface area contributed by atoms with E-state index in [9.17, 15) is 9.59 Å². The summed E-state index contributed by atoms with van der Waals surface area (Å²) in [7, 11) is 0. The molecule has 4 N–H and O–H groups in total. The van der Waals surface area contributed by atoms with E-state index in [0.717, 1.165) is 0 Å². The van der Waals surface area contributed by atoms with Crippen LogP contribution in [0.3, 0.4) is 0 Å². The summed E-state index contributed by atoms with van der Waals surface area (Å²) in [5.41, 5.74) is 5.47. The lowest BCUT2D eigenvalue weighted by Crippen LogP contribution is -2.42. The molecular formula is C11H19N3O2. The maximum Gasteiger partial charge on any atom is 0.237 e. The number of rotatable bonds is 6. The Morgan fingerprint density at radius 3 is 2.56 bits per heavy atom. The molecule has 0 aromatic rings. The Kier molecular flexibility index (Phi) is 6.97. The van der Waals surface area contributed by atoms with Crippen molar-refractivity contribution >= 4 is 11.8 Å². The molecule has 5 heteroatoms. The number of hydrogen-bond donors (Lipinski definition) is 3. The Morgan fingerprint density at radius 2 is 2.06 bits per heavy atom. The summed E-state index contributed by atoms with van der Waals surface area (Å²) in [4.78, 5) is 22.5. The third-order valence-electron chi connectivity index (χ3n) is 1.78. The monoisotopic (exact) mass is 225 g/mol. The van der Waals surface area contributed by atoms with Gasteiger partial charge in [0.25, 0.3) is 0 Å². The molecule has 2 amide bonds. The van der Waals surface area contributed by atoms with Gasteiger partial charge in [-0.25, -0.2) is 0 Å². The van der Waals surface area contributed by atoms with Crippen LogP contribution in [0.1, 0.15) is 26.7 Å². The van der Waals surface area contributed by atoms with Crippen LogP contribution in [0.25, 0.3) is 0 Å². The maximum atomic E-state index is 11.3. The highest BCUT2D eigenvalue weighted by Crippen LogP contribution is 1.87.